The van der Waals surface area contributed by atoms with Gasteiger partial charge in [0, 0.05) is 4.47 Å². The standard InChI is InChI=1S/C9H9BrO4S/c1-14-9(11)6-15(12,13)8-4-2-7(10)3-5-8/h2-5H,6H2,1H3. The van der Waals surface area contributed by atoms with Gasteiger partial charge in [0.2, 0.25) is 0 Å². The number of methoxy groups -OCH3 is 1. The molecule has 0 N–H and O–H groups in total. The van der Waals surface area contributed by atoms with Gasteiger partial charge in [0.05, 0.1) is 12.0 Å². The summed E-state index contributed by atoms with van der Waals surface area (Å²) in [5, 5.41) is 0. The molecule has 0 radical (unpaired) electrons. The van der Waals surface area contributed by atoms with E-state index in [0.717, 1.165) is 11.6 Å². The van der Waals surface area contributed by atoms with Crippen molar-refractivity contribution in [3.63, 3.8) is 0 Å². The van der Waals surface area contributed by atoms with Crippen molar-refractivity contribution in [1.29, 1.82) is 0 Å². The van der Waals surface area contributed by atoms with E-state index < -0.39 is 21.6 Å². The number of hydrogen-bond donors (Lipinski definition) is 0. The highest BCUT2D eigenvalue weighted by atomic mass is 79.9. The fourth-order valence-electron chi connectivity index (χ4n) is 0.939. The summed E-state index contributed by atoms with van der Waals surface area (Å²) in [6.07, 6.45) is 0. The van der Waals surface area contributed by atoms with Crippen LogP contribution >= 0.6 is 15.9 Å². The first-order valence-electron chi connectivity index (χ1n) is 4.01. The van der Waals surface area contributed by atoms with E-state index in [9.17, 15) is 13.2 Å². The Bertz CT molecular complexity index is 450. The van der Waals surface area contributed by atoms with E-state index in [1.165, 1.54) is 12.1 Å². The molecule has 0 saturated heterocycles. The van der Waals surface area contributed by atoms with Crippen LogP contribution in [0.25, 0.3) is 0 Å². The maximum Gasteiger partial charge on any atom is 0.321 e. The predicted molar refractivity (Wildman–Crippen MR) is 58.2 cm³/mol. The predicted octanol–water partition coefficient (Wildman–Crippen LogP) is 1.40. The molecule has 0 aliphatic carbocycles. The number of ether oxygens (including phenoxy) is 1. The van der Waals surface area contributed by atoms with E-state index >= 15 is 0 Å². The minimum Gasteiger partial charge on any atom is -0.468 e. The summed E-state index contributed by atoms with van der Waals surface area (Å²) in [4.78, 5) is 11.0. The number of carbonyl (C=O) groups is 1. The lowest BCUT2D eigenvalue weighted by Crippen LogP contribution is -2.17. The van der Waals surface area contributed by atoms with Gasteiger partial charge in [-0.2, -0.15) is 0 Å². The second-order valence-electron chi connectivity index (χ2n) is 2.79. The molecular formula is C9H9BrO4S. The van der Waals surface area contributed by atoms with Gasteiger partial charge in [-0.15, -0.1) is 0 Å². The number of halogens is 1. The van der Waals surface area contributed by atoms with Gasteiger partial charge < -0.3 is 4.74 Å². The van der Waals surface area contributed by atoms with Gasteiger partial charge in [-0.25, -0.2) is 8.42 Å². The fraction of sp³-hybridized carbons (Fsp3) is 0.222. The summed E-state index contributed by atoms with van der Waals surface area (Å²) >= 11 is 3.19. The van der Waals surface area contributed by atoms with Crippen LogP contribution in [0.2, 0.25) is 0 Å². The molecule has 0 saturated carbocycles. The average molecular weight is 293 g/mol. The van der Waals surface area contributed by atoms with E-state index in [2.05, 4.69) is 20.7 Å². The molecule has 82 valence electrons. The third-order valence-corrected chi connectivity index (χ3v) is 3.84. The number of rotatable bonds is 3. The molecule has 0 aliphatic heterocycles. The van der Waals surface area contributed by atoms with Gasteiger partial charge in [0.15, 0.2) is 15.6 Å². The lowest BCUT2D eigenvalue weighted by atomic mass is 10.4. The Labute approximate surface area is 96.3 Å². The molecule has 1 aromatic rings. The van der Waals surface area contributed by atoms with Crippen LogP contribution in [0.1, 0.15) is 0 Å². The zero-order valence-electron chi connectivity index (χ0n) is 7.94. The van der Waals surface area contributed by atoms with Crippen molar-refractivity contribution < 1.29 is 17.9 Å². The van der Waals surface area contributed by atoms with Crippen LogP contribution in [0.4, 0.5) is 0 Å². The van der Waals surface area contributed by atoms with E-state index in [1.54, 1.807) is 12.1 Å². The summed E-state index contributed by atoms with van der Waals surface area (Å²) in [7, 11) is -2.43. The zero-order chi connectivity index (χ0) is 11.5. The molecule has 0 amide bonds. The molecular weight excluding hydrogens is 284 g/mol. The number of carbonyl (C=O) groups excluding carboxylic acids is 1. The van der Waals surface area contributed by atoms with Crippen molar-refractivity contribution in [3.8, 4) is 0 Å². The van der Waals surface area contributed by atoms with Crippen molar-refractivity contribution >= 4 is 31.7 Å². The quantitative estimate of drug-likeness (QED) is 0.790. The summed E-state index contributed by atoms with van der Waals surface area (Å²) in [6.45, 7) is 0. The molecule has 0 unspecified atom stereocenters. The van der Waals surface area contributed by atoms with Gasteiger partial charge >= 0.3 is 5.97 Å². The Balaban J connectivity index is 2.96. The maximum absolute atomic E-state index is 11.6. The molecule has 1 aromatic carbocycles. The molecule has 0 heterocycles. The van der Waals surface area contributed by atoms with E-state index in [-0.39, 0.29) is 4.90 Å². The Kier molecular flexibility index (Phi) is 3.87. The van der Waals surface area contributed by atoms with Crippen molar-refractivity contribution in [2.45, 2.75) is 4.90 Å². The zero-order valence-corrected chi connectivity index (χ0v) is 10.3. The van der Waals surface area contributed by atoms with Crippen LogP contribution in [0, 0.1) is 0 Å². The first kappa shape index (κ1) is 12.2. The highest BCUT2D eigenvalue weighted by Gasteiger charge is 2.19. The van der Waals surface area contributed by atoms with Crippen LogP contribution in [0.15, 0.2) is 33.6 Å². The van der Waals surface area contributed by atoms with Gasteiger partial charge in [0.1, 0.15) is 0 Å². The van der Waals surface area contributed by atoms with Gasteiger partial charge in [-0.05, 0) is 24.3 Å². The molecule has 0 aromatic heterocycles. The molecule has 15 heavy (non-hydrogen) atoms. The first-order valence-corrected chi connectivity index (χ1v) is 6.45. The van der Waals surface area contributed by atoms with Crippen LogP contribution < -0.4 is 0 Å². The van der Waals surface area contributed by atoms with Crippen molar-refractivity contribution in [2.75, 3.05) is 12.9 Å². The van der Waals surface area contributed by atoms with Gasteiger partial charge in [-0.3, -0.25) is 4.79 Å². The second-order valence-corrected chi connectivity index (χ2v) is 5.69. The van der Waals surface area contributed by atoms with Gasteiger partial charge in [-0.1, -0.05) is 15.9 Å². The first-order chi connectivity index (χ1) is 6.95. The third kappa shape index (κ3) is 3.32. The largest absolute Gasteiger partial charge is 0.468 e. The molecule has 0 aliphatic rings. The van der Waals surface area contributed by atoms with Crippen LogP contribution in [-0.4, -0.2) is 27.2 Å². The topological polar surface area (TPSA) is 60.4 Å². The molecule has 0 fully saturated rings. The molecule has 1 rings (SSSR count). The number of hydrogen-bond acceptors (Lipinski definition) is 4. The second kappa shape index (κ2) is 4.76. The molecule has 6 heteroatoms. The van der Waals surface area contributed by atoms with Crippen LogP contribution in [-0.2, 0) is 19.4 Å². The molecule has 0 spiro atoms. The molecule has 0 bridgehead atoms. The van der Waals surface area contributed by atoms with E-state index in [0.29, 0.717) is 0 Å². The van der Waals surface area contributed by atoms with Crippen LogP contribution in [0.3, 0.4) is 0 Å². The Morgan fingerprint density at radius 3 is 2.33 bits per heavy atom. The minimum atomic E-state index is -3.58. The van der Waals surface area contributed by atoms with Crippen molar-refractivity contribution in [2.24, 2.45) is 0 Å². The SMILES string of the molecule is COC(=O)CS(=O)(=O)c1ccc(Br)cc1. The highest BCUT2D eigenvalue weighted by molar-refractivity contribution is 9.10. The Morgan fingerprint density at radius 1 is 1.33 bits per heavy atom. The average Bonchev–Trinajstić information content (AvgIpc) is 2.17. The third-order valence-electron chi connectivity index (χ3n) is 1.71. The normalized spacial score (nSPS) is 11.1. The highest BCUT2D eigenvalue weighted by Crippen LogP contribution is 2.15. The molecule has 4 nitrogen and oxygen atoms in total. The lowest BCUT2D eigenvalue weighted by molar-refractivity contribution is -0.137. The summed E-state index contributed by atoms with van der Waals surface area (Å²) in [5.41, 5.74) is 0. The van der Waals surface area contributed by atoms with E-state index in [1.807, 2.05) is 0 Å². The van der Waals surface area contributed by atoms with Crippen molar-refractivity contribution in [3.05, 3.63) is 28.7 Å². The number of sulfone groups is 1. The number of benzene rings is 1. The van der Waals surface area contributed by atoms with Gasteiger partial charge in [0.25, 0.3) is 0 Å². The fourth-order valence-corrected chi connectivity index (χ4v) is 2.35. The smallest absolute Gasteiger partial charge is 0.321 e. The Hall–Kier alpha value is -0.880. The van der Waals surface area contributed by atoms with E-state index in [4.69, 9.17) is 0 Å². The van der Waals surface area contributed by atoms with Crippen LogP contribution in [0.5, 0.6) is 0 Å². The maximum atomic E-state index is 11.6. The summed E-state index contributed by atoms with van der Waals surface area (Å²) < 4.78 is 28.3. The molecule has 0 atom stereocenters. The lowest BCUT2D eigenvalue weighted by Gasteiger charge is -2.02. The minimum absolute atomic E-state index is 0.108. The van der Waals surface area contributed by atoms with Crippen molar-refractivity contribution in [1.82, 2.24) is 0 Å². The Morgan fingerprint density at radius 2 is 1.87 bits per heavy atom. The number of esters is 1. The summed E-state index contributed by atoms with van der Waals surface area (Å²) in [5.74, 6) is -1.40. The summed E-state index contributed by atoms with van der Waals surface area (Å²) in [6, 6.07) is 6.07. The monoisotopic (exact) mass is 292 g/mol.